The summed E-state index contributed by atoms with van der Waals surface area (Å²) in [5.41, 5.74) is 5.74. The zero-order valence-corrected chi connectivity index (χ0v) is 24.2. The first-order valence-corrected chi connectivity index (χ1v) is 13.9. The van der Waals surface area contributed by atoms with Gasteiger partial charge in [-0.05, 0) is 49.6 Å². The molecule has 10 heteroatoms. The van der Waals surface area contributed by atoms with Crippen molar-refractivity contribution >= 4 is 39.8 Å². The van der Waals surface area contributed by atoms with Crippen LogP contribution in [-0.2, 0) is 23.1 Å². The number of benzene rings is 3. The maximum atomic E-state index is 13.0. The largest absolute Gasteiger partial charge is 0.325 e. The van der Waals surface area contributed by atoms with E-state index in [0.717, 1.165) is 23.4 Å². The van der Waals surface area contributed by atoms with Crippen molar-refractivity contribution in [2.45, 2.75) is 38.8 Å². The number of aryl methyl sites for hydroxylation is 3. The number of halogens is 1. The Kier molecular flexibility index (Phi) is 10.3. The van der Waals surface area contributed by atoms with Crippen LogP contribution in [0.3, 0.4) is 0 Å². The number of hydrogen-bond donors (Lipinski definition) is 3. The van der Waals surface area contributed by atoms with Crippen LogP contribution in [-0.4, -0.2) is 14.4 Å². The number of sulfonamides is 1. The van der Waals surface area contributed by atoms with E-state index in [4.69, 9.17) is 5.26 Å². The van der Waals surface area contributed by atoms with Gasteiger partial charge in [0.15, 0.2) is 25.1 Å². The number of rotatable bonds is 8. The summed E-state index contributed by atoms with van der Waals surface area (Å²) in [5, 5.41) is 14.9. The van der Waals surface area contributed by atoms with Crippen LogP contribution in [0.2, 0.25) is 0 Å². The van der Waals surface area contributed by atoms with Crippen molar-refractivity contribution in [1.29, 1.82) is 5.26 Å². The molecule has 0 saturated carbocycles. The lowest BCUT2D eigenvalue weighted by molar-refractivity contribution is -0.688. The Morgan fingerprint density at radius 3 is 2.10 bits per heavy atom. The van der Waals surface area contributed by atoms with Crippen LogP contribution in [0.4, 0.5) is 11.4 Å². The van der Waals surface area contributed by atoms with Gasteiger partial charge in [0, 0.05) is 23.4 Å². The topological polar surface area (TPSA) is 110 Å². The van der Waals surface area contributed by atoms with Gasteiger partial charge in [-0.1, -0.05) is 60.2 Å². The van der Waals surface area contributed by atoms with Gasteiger partial charge in [-0.25, -0.2) is 18.0 Å². The number of nitrogens with one attached hydrogen (secondary N) is 3. The highest BCUT2D eigenvalue weighted by Crippen LogP contribution is 2.24. The van der Waals surface area contributed by atoms with Crippen LogP contribution in [0.15, 0.2) is 101 Å². The molecule has 0 saturated heterocycles. The molecule has 206 valence electrons. The number of aliphatic imine (C=N–C) groups is 1. The monoisotopic (exact) mass is 575 g/mol. The Balaban J connectivity index is 0.00000441. The zero-order valence-electron chi connectivity index (χ0n) is 22.5. The van der Waals surface area contributed by atoms with Gasteiger partial charge < -0.3 is 5.32 Å². The molecule has 1 heterocycles. The second-order valence-corrected chi connectivity index (χ2v) is 10.9. The summed E-state index contributed by atoms with van der Waals surface area (Å²) in [4.78, 5) is 4.78. The quantitative estimate of drug-likeness (QED) is 0.0878. The number of nitrogens with zero attached hydrogens (tertiary/aromatic N) is 3. The summed E-state index contributed by atoms with van der Waals surface area (Å²) in [6.07, 6.45) is 5.82. The fourth-order valence-corrected chi connectivity index (χ4v) is 5.90. The molecular formula is C30H32ClN6O2S+. The third-order valence-electron chi connectivity index (χ3n) is 6.04. The first-order valence-electron chi connectivity index (χ1n) is 12.4. The Hall–Kier alpha value is -4.39. The Bertz CT molecular complexity index is 1590. The molecule has 1 aromatic heterocycles. The molecule has 0 fully saturated rings. The molecule has 0 aliphatic rings. The van der Waals surface area contributed by atoms with Gasteiger partial charge in [-0.3, -0.25) is 10.0 Å². The Morgan fingerprint density at radius 1 is 0.875 bits per heavy atom. The lowest BCUT2D eigenvalue weighted by Gasteiger charge is -2.14. The molecule has 0 bridgehead atoms. The van der Waals surface area contributed by atoms with Gasteiger partial charge in [-0.15, -0.1) is 12.4 Å². The highest BCUT2D eigenvalue weighted by atomic mass is 35.5. The third-order valence-corrected chi connectivity index (χ3v) is 7.72. The average molecular weight is 576 g/mol. The molecule has 3 aromatic carbocycles. The molecule has 3 N–H and O–H groups in total. The zero-order chi connectivity index (χ0) is 27.8. The van der Waals surface area contributed by atoms with E-state index in [-0.39, 0.29) is 12.4 Å². The van der Waals surface area contributed by atoms with Crippen molar-refractivity contribution < 1.29 is 13.0 Å². The van der Waals surface area contributed by atoms with Gasteiger partial charge in [0.2, 0.25) is 5.96 Å². The molecule has 4 aromatic rings. The van der Waals surface area contributed by atoms with Crippen molar-refractivity contribution in [2.75, 3.05) is 10.0 Å². The van der Waals surface area contributed by atoms with Crippen LogP contribution in [0, 0.1) is 32.2 Å². The molecule has 0 atom stereocenters. The molecule has 0 aliphatic carbocycles. The Morgan fingerprint density at radius 2 is 1.50 bits per heavy atom. The standard InChI is InChI=1S/C30H30N6O2S.ClH/c1-22-17-23(2)29(24(3)18-22)39(37,38)35-28-11-9-25(10-12-28)19-32-30(33-21-31)34-27-13-15-36(16-14-27)20-26-7-5-4-6-8-26;/h4-18,35H,19-20H2,1-3H3,(H,32,33);1H/p+1. The van der Waals surface area contributed by atoms with E-state index in [1.54, 1.807) is 38.1 Å². The van der Waals surface area contributed by atoms with E-state index in [1.807, 2.05) is 68.0 Å². The van der Waals surface area contributed by atoms with Crippen LogP contribution in [0.1, 0.15) is 27.8 Å². The van der Waals surface area contributed by atoms with E-state index >= 15 is 0 Å². The summed E-state index contributed by atoms with van der Waals surface area (Å²) >= 11 is 0. The SMILES string of the molecule is Cc1cc(C)c(S(=O)(=O)Nc2ccc(CN=C(NC#N)Nc3cc[n+](Cc4ccccc4)cc3)cc2)c(C)c1.Cl. The molecule has 8 nitrogen and oxygen atoms in total. The van der Waals surface area contributed by atoms with Gasteiger partial charge in [0.1, 0.15) is 0 Å². The summed E-state index contributed by atoms with van der Waals surface area (Å²) < 4.78 is 30.8. The number of hydrogen-bond acceptors (Lipinski definition) is 4. The molecule has 40 heavy (non-hydrogen) atoms. The number of aromatic nitrogens is 1. The van der Waals surface area contributed by atoms with Crippen molar-refractivity contribution in [3.05, 3.63) is 119 Å². The maximum Gasteiger partial charge on any atom is 0.262 e. The summed E-state index contributed by atoms with van der Waals surface area (Å²) in [6.45, 7) is 6.60. The van der Waals surface area contributed by atoms with E-state index in [2.05, 4.69) is 37.0 Å². The molecule has 0 amide bonds. The smallest absolute Gasteiger partial charge is 0.262 e. The number of guanidine groups is 1. The predicted octanol–water partition coefficient (Wildman–Crippen LogP) is 5.21. The fraction of sp³-hybridized carbons (Fsp3) is 0.167. The average Bonchev–Trinajstić information content (AvgIpc) is 2.89. The Labute approximate surface area is 241 Å². The second kappa shape index (κ2) is 13.6. The first-order chi connectivity index (χ1) is 18.7. The van der Waals surface area contributed by atoms with Gasteiger partial charge in [0.05, 0.1) is 17.1 Å². The van der Waals surface area contributed by atoms with Gasteiger partial charge in [-0.2, -0.15) is 5.26 Å². The normalized spacial score (nSPS) is 11.2. The van der Waals surface area contributed by atoms with E-state index in [1.165, 1.54) is 5.56 Å². The molecule has 0 aliphatic heterocycles. The van der Waals surface area contributed by atoms with Crippen LogP contribution in [0.25, 0.3) is 0 Å². The van der Waals surface area contributed by atoms with Crippen molar-refractivity contribution in [3.63, 3.8) is 0 Å². The van der Waals surface area contributed by atoms with Crippen LogP contribution < -0.4 is 19.9 Å². The van der Waals surface area contributed by atoms with Crippen molar-refractivity contribution in [1.82, 2.24) is 5.32 Å². The molecule has 0 spiro atoms. The molecule has 4 rings (SSSR count). The number of pyridine rings is 1. The van der Waals surface area contributed by atoms with Crippen LogP contribution in [0.5, 0.6) is 0 Å². The summed E-state index contributed by atoms with van der Waals surface area (Å²) in [6, 6.07) is 24.7. The van der Waals surface area contributed by atoms with Gasteiger partial charge >= 0.3 is 0 Å². The number of nitriles is 1. The van der Waals surface area contributed by atoms with Crippen molar-refractivity contribution in [2.24, 2.45) is 4.99 Å². The number of anilines is 2. The fourth-order valence-electron chi connectivity index (χ4n) is 4.39. The third kappa shape index (κ3) is 8.06. The molecule has 0 unspecified atom stereocenters. The van der Waals surface area contributed by atoms with Crippen molar-refractivity contribution in [3.8, 4) is 6.19 Å². The van der Waals surface area contributed by atoms with E-state index < -0.39 is 10.0 Å². The van der Waals surface area contributed by atoms with E-state index in [9.17, 15) is 8.42 Å². The minimum atomic E-state index is -3.73. The summed E-state index contributed by atoms with van der Waals surface area (Å²) in [5.74, 6) is 0.313. The van der Waals surface area contributed by atoms with Gasteiger partial charge in [0.25, 0.3) is 10.0 Å². The highest BCUT2D eigenvalue weighted by molar-refractivity contribution is 7.92. The predicted molar refractivity (Wildman–Crippen MR) is 161 cm³/mol. The molecule has 0 radical (unpaired) electrons. The first kappa shape index (κ1) is 30.2. The highest BCUT2D eigenvalue weighted by Gasteiger charge is 2.20. The minimum Gasteiger partial charge on any atom is -0.325 e. The van der Waals surface area contributed by atoms with Crippen LogP contribution >= 0.6 is 12.4 Å². The lowest BCUT2D eigenvalue weighted by atomic mass is 10.1. The second-order valence-electron chi connectivity index (χ2n) is 9.30. The molecular weight excluding hydrogens is 544 g/mol. The maximum absolute atomic E-state index is 13.0. The summed E-state index contributed by atoms with van der Waals surface area (Å²) in [7, 11) is -3.73. The minimum absolute atomic E-state index is 0. The lowest BCUT2D eigenvalue weighted by Crippen LogP contribution is -2.33. The van der Waals surface area contributed by atoms with E-state index in [0.29, 0.717) is 34.2 Å².